The number of fused-ring (bicyclic) bond motifs is 1. The molecule has 0 bridgehead atoms. The molecule has 1 amide bonds. The number of rotatable bonds is 2. The number of anilines is 1. The summed E-state index contributed by atoms with van der Waals surface area (Å²) in [6, 6.07) is 5.59. The average molecular weight is 267 g/mol. The molecule has 3 aromatic rings. The molecule has 0 atom stereocenters. The normalized spacial score (nSPS) is 10.8. The number of hydrogen-bond donors (Lipinski definition) is 2. The van der Waals surface area contributed by atoms with Crippen molar-refractivity contribution in [3.05, 3.63) is 48.0 Å². The first-order valence-corrected chi connectivity index (χ1v) is 6.06. The van der Waals surface area contributed by atoms with Gasteiger partial charge in [-0.3, -0.25) is 9.78 Å². The standard InChI is InChI=1S/C14H13N5O/c1-8-4-10-11(6-17-8)12(15)2-3-13(10)19-7-9(5-18-19)14(16)20/h2-7H,15H2,1H3,(H2,16,20). The zero-order valence-electron chi connectivity index (χ0n) is 10.9. The van der Waals surface area contributed by atoms with E-state index in [1.54, 1.807) is 23.1 Å². The number of nitrogens with two attached hydrogens (primary N) is 2. The van der Waals surface area contributed by atoms with Gasteiger partial charge in [-0.1, -0.05) is 0 Å². The number of benzene rings is 1. The highest BCUT2D eigenvalue weighted by Crippen LogP contribution is 2.27. The van der Waals surface area contributed by atoms with E-state index in [1.165, 1.54) is 6.20 Å². The van der Waals surface area contributed by atoms with Crippen LogP contribution in [0.2, 0.25) is 0 Å². The van der Waals surface area contributed by atoms with Crippen LogP contribution in [0, 0.1) is 6.92 Å². The predicted octanol–water partition coefficient (Wildman–Crippen LogP) is 1.41. The van der Waals surface area contributed by atoms with E-state index in [0.29, 0.717) is 11.3 Å². The minimum Gasteiger partial charge on any atom is -0.398 e. The molecule has 0 spiro atoms. The van der Waals surface area contributed by atoms with Crippen molar-refractivity contribution in [1.82, 2.24) is 14.8 Å². The Kier molecular flexibility index (Phi) is 2.64. The first-order chi connectivity index (χ1) is 9.56. The molecule has 4 N–H and O–H groups in total. The summed E-state index contributed by atoms with van der Waals surface area (Å²) in [5.74, 6) is -0.506. The highest BCUT2D eigenvalue weighted by molar-refractivity contribution is 5.98. The number of carbonyl (C=O) groups excluding carboxylic acids is 1. The van der Waals surface area contributed by atoms with Gasteiger partial charge in [0.1, 0.15) is 0 Å². The summed E-state index contributed by atoms with van der Waals surface area (Å²) in [5, 5.41) is 5.95. The van der Waals surface area contributed by atoms with Gasteiger partial charge in [0.15, 0.2) is 0 Å². The molecular weight excluding hydrogens is 254 g/mol. The molecule has 2 aromatic heterocycles. The Morgan fingerprint density at radius 2 is 2.05 bits per heavy atom. The van der Waals surface area contributed by atoms with E-state index in [-0.39, 0.29) is 0 Å². The molecule has 6 nitrogen and oxygen atoms in total. The van der Waals surface area contributed by atoms with Crippen molar-refractivity contribution >= 4 is 22.4 Å². The van der Waals surface area contributed by atoms with Crippen LogP contribution in [0.1, 0.15) is 16.1 Å². The Labute approximate surface area is 115 Å². The molecule has 3 rings (SSSR count). The van der Waals surface area contributed by atoms with E-state index >= 15 is 0 Å². The van der Waals surface area contributed by atoms with Crippen molar-refractivity contribution in [1.29, 1.82) is 0 Å². The summed E-state index contributed by atoms with van der Waals surface area (Å²) in [6.07, 6.45) is 4.78. The van der Waals surface area contributed by atoms with Crippen molar-refractivity contribution in [2.45, 2.75) is 6.92 Å². The van der Waals surface area contributed by atoms with Gasteiger partial charge in [-0.2, -0.15) is 5.10 Å². The predicted molar refractivity (Wildman–Crippen MR) is 76.5 cm³/mol. The lowest BCUT2D eigenvalue weighted by molar-refractivity contribution is 0.100. The molecule has 100 valence electrons. The molecule has 0 radical (unpaired) electrons. The molecule has 0 aliphatic heterocycles. The third kappa shape index (κ3) is 1.87. The summed E-state index contributed by atoms with van der Waals surface area (Å²) >= 11 is 0. The van der Waals surface area contributed by atoms with E-state index in [2.05, 4.69) is 10.1 Å². The summed E-state index contributed by atoms with van der Waals surface area (Å²) in [6.45, 7) is 1.91. The second-order valence-corrected chi connectivity index (χ2v) is 4.58. The second kappa shape index (κ2) is 4.34. The molecule has 1 aromatic carbocycles. The quantitative estimate of drug-likeness (QED) is 0.685. The highest BCUT2D eigenvalue weighted by Gasteiger charge is 2.10. The maximum atomic E-state index is 11.2. The van der Waals surface area contributed by atoms with E-state index in [4.69, 9.17) is 11.5 Å². The maximum absolute atomic E-state index is 11.2. The molecule has 20 heavy (non-hydrogen) atoms. The van der Waals surface area contributed by atoms with E-state index in [1.807, 2.05) is 19.1 Å². The number of nitrogen functional groups attached to an aromatic ring is 1. The first-order valence-electron chi connectivity index (χ1n) is 6.06. The number of nitrogens with zero attached hydrogens (tertiary/aromatic N) is 3. The monoisotopic (exact) mass is 267 g/mol. The van der Waals surface area contributed by atoms with Crippen LogP contribution >= 0.6 is 0 Å². The average Bonchev–Trinajstić information content (AvgIpc) is 2.88. The Bertz CT molecular complexity index is 822. The van der Waals surface area contributed by atoms with E-state index in [0.717, 1.165) is 22.2 Å². The number of primary amides is 1. The van der Waals surface area contributed by atoms with Gasteiger partial charge < -0.3 is 11.5 Å². The van der Waals surface area contributed by atoms with Crippen molar-refractivity contribution in [2.75, 3.05) is 5.73 Å². The third-order valence-electron chi connectivity index (χ3n) is 3.16. The van der Waals surface area contributed by atoms with Crippen LogP contribution in [0.3, 0.4) is 0 Å². The van der Waals surface area contributed by atoms with Gasteiger partial charge in [-0.05, 0) is 25.1 Å². The number of carbonyl (C=O) groups is 1. The number of hydrogen-bond acceptors (Lipinski definition) is 4. The molecule has 0 saturated carbocycles. The summed E-state index contributed by atoms with van der Waals surface area (Å²) in [5.41, 5.74) is 13.9. The fraction of sp³-hybridized carbons (Fsp3) is 0.0714. The van der Waals surface area contributed by atoms with E-state index in [9.17, 15) is 4.79 Å². The van der Waals surface area contributed by atoms with Gasteiger partial charge >= 0.3 is 0 Å². The minimum absolute atomic E-state index is 0.362. The lowest BCUT2D eigenvalue weighted by atomic mass is 10.1. The van der Waals surface area contributed by atoms with Crippen molar-refractivity contribution in [3.63, 3.8) is 0 Å². The van der Waals surface area contributed by atoms with Gasteiger partial charge in [0, 0.05) is 34.5 Å². The molecule has 0 fully saturated rings. The first kappa shape index (κ1) is 12.2. The SMILES string of the molecule is Cc1cc2c(-n3cc(C(N)=O)cn3)ccc(N)c2cn1. The molecule has 0 unspecified atom stereocenters. The van der Waals surface area contributed by atoms with Gasteiger partial charge in [-0.15, -0.1) is 0 Å². The van der Waals surface area contributed by atoms with Crippen LogP contribution in [0.25, 0.3) is 16.5 Å². The van der Waals surface area contributed by atoms with Gasteiger partial charge in [0.2, 0.25) is 0 Å². The fourth-order valence-corrected chi connectivity index (χ4v) is 2.13. The maximum Gasteiger partial charge on any atom is 0.251 e. The minimum atomic E-state index is -0.506. The number of amides is 1. The fourth-order valence-electron chi connectivity index (χ4n) is 2.13. The molecule has 0 aliphatic rings. The lowest BCUT2D eigenvalue weighted by Crippen LogP contribution is -2.09. The van der Waals surface area contributed by atoms with Gasteiger partial charge in [0.25, 0.3) is 5.91 Å². The second-order valence-electron chi connectivity index (χ2n) is 4.58. The Balaban J connectivity index is 2.27. The van der Waals surface area contributed by atoms with Crippen molar-refractivity contribution in [3.8, 4) is 5.69 Å². The highest BCUT2D eigenvalue weighted by atomic mass is 16.1. The smallest absolute Gasteiger partial charge is 0.251 e. The largest absolute Gasteiger partial charge is 0.398 e. The van der Waals surface area contributed by atoms with Crippen LogP contribution < -0.4 is 11.5 Å². The molecular formula is C14H13N5O. The topological polar surface area (TPSA) is 99.8 Å². The molecule has 6 heteroatoms. The third-order valence-corrected chi connectivity index (χ3v) is 3.16. The van der Waals surface area contributed by atoms with Crippen LogP contribution in [0.15, 0.2) is 36.8 Å². The van der Waals surface area contributed by atoms with Crippen molar-refractivity contribution in [2.24, 2.45) is 5.73 Å². The van der Waals surface area contributed by atoms with Crippen LogP contribution in [-0.2, 0) is 0 Å². The van der Waals surface area contributed by atoms with Crippen LogP contribution in [0.5, 0.6) is 0 Å². The zero-order valence-corrected chi connectivity index (χ0v) is 10.9. The van der Waals surface area contributed by atoms with Crippen LogP contribution in [0.4, 0.5) is 5.69 Å². The number of pyridine rings is 1. The van der Waals surface area contributed by atoms with Gasteiger partial charge in [-0.25, -0.2) is 4.68 Å². The van der Waals surface area contributed by atoms with E-state index < -0.39 is 5.91 Å². The Morgan fingerprint density at radius 3 is 2.75 bits per heavy atom. The Hall–Kier alpha value is -2.89. The summed E-state index contributed by atoms with van der Waals surface area (Å²) < 4.78 is 1.61. The summed E-state index contributed by atoms with van der Waals surface area (Å²) in [7, 11) is 0. The summed E-state index contributed by atoms with van der Waals surface area (Å²) in [4.78, 5) is 15.4. The number of aryl methyl sites for hydroxylation is 1. The molecule has 0 aliphatic carbocycles. The zero-order chi connectivity index (χ0) is 14.3. The van der Waals surface area contributed by atoms with Gasteiger partial charge in [0.05, 0.1) is 17.4 Å². The lowest BCUT2D eigenvalue weighted by Gasteiger charge is -2.09. The van der Waals surface area contributed by atoms with Crippen LogP contribution in [-0.4, -0.2) is 20.7 Å². The van der Waals surface area contributed by atoms with Crippen molar-refractivity contribution < 1.29 is 4.79 Å². The number of aromatic nitrogens is 3. The molecule has 0 saturated heterocycles. The molecule has 2 heterocycles. The Morgan fingerprint density at radius 1 is 1.25 bits per heavy atom.